The van der Waals surface area contributed by atoms with Crippen LogP contribution in [-0.2, 0) is 11.2 Å². The number of hydrogen-bond acceptors (Lipinski definition) is 2. The molecule has 5 heteroatoms. The van der Waals surface area contributed by atoms with Gasteiger partial charge in [0.15, 0.2) is 0 Å². The summed E-state index contributed by atoms with van der Waals surface area (Å²) < 4.78 is 0. The number of hydrogen-bond donors (Lipinski definition) is 2. The van der Waals surface area contributed by atoms with Crippen LogP contribution < -0.4 is 11.1 Å². The van der Waals surface area contributed by atoms with Crippen molar-refractivity contribution in [3.05, 3.63) is 34.9 Å². The zero-order chi connectivity index (χ0) is 14.4. The Bertz CT molecular complexity index is 454. The van der Waals surface area contributed by atoms with E-state index < -0.39 is 0 Å². The number of nitrogens with two attached hydrogens (primary N) is 1. The van der Waals surface area contributed by atoms with Crippen molar-refractivity contribution in [3.63, 3.8) is 0 Å². The van der Waals surface area contributed by atoms with Gasteiger partial charge in [-0.25, -0.2) is 0 Å². The fourth-order valence-electron chi connectivity index (χ4n) is 2.84. The van der Waals surface area contributed by atoms with E-state index in [1.54, 1.807) is 0 Å². The first kappa shape index (κ1) is 18.3. The summed E-state index contributed by atoms with van der Waals surface area (Å²) in [5, 5.41) is 3.72. The second kappa shape index (κ2) is 9.29. The topological polar surface area (TPSA) is 55.1 Å². The van der Waals surface area contributed by atoms with Crippen LogP contribution in [0.2, 0.25) is 5.02 Å². The maximum atomic E-state index is 11.9. The third kappa shape index (κ3) is 6.25. The molecule has 1 aromatic rings. The molecule has 3 nitrogen and oxygen atoms in total. The summed E-state index contributed by atoms with van der Waals surface area (Å²) in [7, 11) is 0. The minimum absolute atomic E-state index is 0. The second-order valence-corrected chi connectivity index (χ2v) is 6.08. The van der Waals surface area contributed by atoms with Crippen molar-refractivity contribution in [2.75, 3.05) is 6.54 Å². The third-order valence-electron chi connectivity index (χ3n) is 4.04. The van der Waals surface area contributed by atoms with E-state index in [1.807, 2.05) is 24.3 Å². The van der Waals surface area contributed by atoms with Crippen molar-refractivity contribution in [1.82, 2.24) is 5.32 Å². The van der Waals surface area contributed by atoms with Crippen LogP contribution in [0, 0.1) is 5.92 Å². The highest BCUT2D eigenvalue weighted by Gasteiger charge is 2.23. The molecule has 1 aromatic carbocycles. The highest BCUT2D eigenvalue weighted by Crippen LogP contribution is 2.25. The fraction of sp³-hybridized carbons (Fsp3) is 0.562. The van der Waals surface area contributed by atoms with Gasteiger partial charge in [0.1, 0.15) is 0 Å². The lowest BCUT2D eigenvalue weighted by Gasteiger charge is -2.27. The van der Waals surface area contributed by atoms with Crippen molar-refractivity contribution in [2.24, 2.45) is 11.7 Å². The number of amides is 1. The molecule has 0 bridgehead atoms. The molecule has 0 aromatic heterocycles. The summed E-state index contributed by atoms with van der Waals surface area (Å²) in [4.78, 5) is 11.9. The lowest BCUT2D eigenvalue weighted by molar-refractivity contribution is -0.122. The van der Waals surface area contributed by atoms with Gasteiger partial charge in [0.05, 0.1) is 0 Å². The summed E-state index contributed by atoms with van der Waals surface area (Å²) in [6.07, 6.45) is 5.92. The van der Waals surface area contributed by atoms with Gasteiger partial charge < -0.3 is 11.1 Å². The first-order valence-corrected chi connectivity index (χ1v) is 7.79. The van der Waals surface area contributed by atoms with Crippen LogP contribution in [0.15, 0.2) is 24.3 Å². The number of rotatable bonds is 5. The van der Waals surface area contributed by atoms with Crippen LogP contribution in [0.1, 0.15) is 37.7 Å². The summed E-state index contributed by atoms with van der Waals surface area (Å²) >= 11 is 5.93. The standard InChI is InChI=1S/C16H23ClN2O.ClH/c17-14-6-3-4-12(10-14)8-9-19-16(20)11-13-5-1-2-7-15(13)18;/h3-4,6,10,13,15H,1-2,5,7-9,11,18H2,(H,19,20);1H. The Balaban J connectivity index is 0.00000220. The van der Waals surface area contributed by atoms with E-state index in [2.05, 4.69) is 5.32 Å². The first-order chi connectivity index (χ1) is 9.65. The summed E-state index contributed by atoms with van der Waals surface area (Å²) in [5.41, 5.74) is 7.21. The van der Waals surface area contributed by atoms with Crippen LogP contribution in [0.3, 0.4) is 0 Å². The van der Waals surface area contributed by atoms with Gasteiger partial charge in [0, 0.05) is 24.0 Å². The molecule has 0 radical (unpaired) electrons. The van der Waals surface area contributed by atoms with Crippen molar-refractivity contribution >= 4 is 29.9 Å². The molecule has 1 fully saturated rings. The number of nitrogens with one attached hydrogen (secondary N) is 1. The van der Waals surface area contributed by atoms with Crippen LogP contribution >= 0.6 is 24.0 Å². The zero-order valence-corrected chi connectivity index (χ0v) is 13.8. The Morgan fingerprint density at radius 3 is 2.81 bits per heavy atom. The fourth-order valence-corrected chi connectivity index (χ4v) is 3.05. The largest absolute Gasteiger partial charge is 0.356 e. The molecular formula is C16H24Cl2N2O. The number of benzene rings is 1. The van der Waals surface area contributed by atoms with Crippen molar-refractivity contribution in [2.45, 2.75) is 44.6 Å². The Morgan fingerprint density at radius 1 is 1.33 bits per heavy atom. The van der Waals surface area contributed by atoms with E-state index in [0.29, 0.717) is 18.9 Å². The predicted molar refractivity (Wildman–Crippen MR) is 90.0 cm³/mol. The van der Waals surface area contributed by atoms with Gasteiger partial charge >= 0.3 is 0 Å². The van der Waals surface area contributed by atoms with Gasteiger partial charge in [-0.15, -0.1) is 12.4 Å². The minimum Gasteiger partial charge on any atom is -0.356 e. The van der Waals surface area contributed by atoms with Gasteiger partial charge in [-0.1, -0.05) is 36.6 Å². The lowest BCUT2D eigenvalue weighted by atomic mass is 9.83. The molecule has 1 amide bonds. The molecule has 0 heterocycles. The molecule has 2 unspecified atom stereocenters. The number of carbonyl (C=O) groups is 1. The Hall–Kier alpha value is -0.770. The van der Waals surface area contributed by atoms with E-state index in [9.17, 15) is 4.79 Å². The van der Waals surface area contributed by atoms with Gasteiger partial charge in [-0.3, -0.25) is 4.79 Å². The molecule has 1 aliphatic rings. The maximum Gasteiger partial charge on any atom is 0.220 e. The van der Waals surface area contributed by atoms with E-state index in [4.69, 9.17) is 17.3 Å². The van der Waals surface area contributed by atoms with Gasteiger partial charge in [-0.05, 0) is 42.9 Å². The Morgan fingerprint density at radius 2 is 2.10 bits per heavy atom. The van der Waals surface area contributed by atoms with Crippen molar-refractivity contribution < 1.29 is 4.79 Å². The molecule has 2 rings (SSSR count). The van der Waals surface area contributed by atoms with E-state index in [1.165, 1.54) is 12.8 Å². The maximum absolute atomic E-state index is 11.9. The van der Waals surface area contributed by atoms with E-state index >= 15 is 0 Å². The molecule has 0 aliphatic heterocycles. The van der Waals surface area contributed by atoms with Crippen molar-refractivity contribution in [1.29, 1.82) is 0 Å². The minimum atomic E-state index is 0. The first-order valence-electron chi connectivity index (χ1n) is 7.42. The highest BCUT2D eigenvalue weighted by molar-refractivity contribution is 6.30. The molecule has 118 valence electrons. The van der Waals surface area contributed by atoms with Crippen LogP contribution in [0.25, 0.3) is 0 Å². The van der Waals surface area contributed by atoms with Crippen LogP contribution in [-0.4, -0.2) is 18.5 Å². The molecule has 1 saturated carbocycles. The zero-order valence-electron chi connectivity index (χ0n) is 12.2. The average Bonchev–Trinajstić information content (AvgIpc) is 2.41. The Labute approximate surface area is 138 Å². The van der Waals surface area contributed by atoms with Gasteiger partial charge in [0.2, 0.25) is 5.91 Å². The normalized spacial score (nSPS) is 21.4. The number of carbonyl (C=O) groups excluding carboxylic acids is 1. The molecular weight excluding hydrogens is 307 g/mol. The molecule has 3 N–H and O–H groups in total. The predicted octanol–water partition coefficient (Wildman–Crippen LogP) is 3.33. The molecule has 21 heavy (non-hydrogen) atoms. The Kier molecular flexibility index (Phi) is 8.09. The average molecular weight is 331 g/mol. The molecule has 0 spiro atoms. The van der Waals surface area contributed by atoms with Gasteiger partial charge in [-0.2, -0.15) is 0 Å². The molecule has 1 aliphatic carbocycles. The monoisotopic (exact) mass is 330 g/mol. The SMILES string of the molecule is Cl.NC1CCCCC1CC(=O)NCCc1cccc(Cl)c1. The molecule has 2 atom stereocenters. The quantitative estimate of drug-likeness (QED) is 0.869. The van der Waals surface area contributed by atoms with E-state index in [0.717, 1.165) is 29.8 Å². The summed E-state index contributed by atoms with van der Waals surface area (Å²) in [5.74, 6) is 0.476. The molecule has 0 saturated heterocycles. The smallest absolute Gasteiger partial charge is 0.220 e. The lowest BCUT2D eigenvalue weighted by Crippen LogP contribution is -2.37. The van der Waals surface area contributed by atoms with Crippen LogP contribution in [0.4, 0.5) is 0 Å². The summed E-state index contributed by atoms with van der Waals surface area (Å²) in [6, 6.07) is 7.94. The van der Waals surface area contributed by atoms with Crippen LogP contribution in [0.5, 0.6) is 0 Å². The summed E-state index contributed by atoms with van der Waals surface area (Å²) in [6.45, 7) is 0.654. The second-order valence-electron chi connectivity index (χ2n) is 5.64. The van der Waals surface area contributed by atoms with E-state index in [-0.39, 0.29) is 24.4 Å². The van der Waals surface area contributed by atoms with Gasteiger partial charge in [0.25, 0.3) is 0 Å². The third-order valence-corrected chi connectivity index (χ3v) is 4.28. The number of halogens is 2. The van der Waals surface area contributed by atoms with Crippen molar-refractivity contribution in [3.8, 4) is 0 Å². The highest BCUT2D eigenvalue weighted by atomic mass is 35.5.